The minimum absolute atomic E-state index is 0.00700. The number of methoxy groups -OCH3 is 1. The molecule has 1 amide bonds. The number of hydrogen-bond donors (Lipinski definition) is 1. The monoisotopic (exact) mass is 544 g/mol. The van der Waals surface area contributed by atoms with E-state index in [1.54, 1.807) is 36.5 Å². The van der Waals surface area contributed by atoms with Crippen LogP contribution in [0.5, 0.6) is 5.75 Å². The van der Waals surface area contributed by atoms with E-state index in [0.29, 0.717) is 37.8 Å². The Morgan fingerprint density at radius 2 is 2.22 bits per heavy atom. The molecular weight excluding hydrogens is 516 g/mol. The summed E-state index contributed by atoms with van der Waals surface area (Å²) < 4.78 is 7.05. The van der Waals surface area contributed by atoms with Crippen molar-refractivity contribution >= 4 is 50.8 Å². The minimum atomic E-state index is -0.992. The number of nitrogens with one attached hydrogen (secondary N) is 1. The molecule has 10 heteroatoms. The van der Waals surface area contributed by atoms with Gasteiger partial charge in [-0.3, -0.25) is 14.2 Å². The highest BCUT2D eigenvalue weighted by molar-refractivity contribution is 7.99. The lowest BCUT2D eigenvalue weighted by molar-refractivity contribution is -0.120. The first-order chi connectivity index (χ1) is 17.1. The van der Waals surface area contributed by atoms with E-state index in [4.69, 9.17) is 21.3 Å². The first kappa shape index (κ1) is 26.5. The molecule has 4 rings (SSSR count). The molecule has 1 aromatic carbocycles. The second-order valence-electron chi connectivity index (χ2n) is 9.69. The van der Waals surface area contributed by atoms with Crippen molar-refractivity contribution in [1.82, 2.24) is 14.9 Å². The van der Waals surface area contributed by atoms with Gasteiger partial charge in [0.15, 0.2) is 5.16 Å². The molecule has 0 unspecified atom stereocenters. The van der Waals surface area contributed by atoms with Crippen LogP contribution in [0.25, 0.3) is 15.9 Å². The van der Waals surface area contributed by atoms with Crippen LogP contribution in [-0.2, 0) is 17.6 Å². The number of aryl methyl sites for hydroxylation is 1. The van der Waals surface area contributed by atoms with Crippen molar-refractivity contribution in [1.29, 1.82) is 5.26 Å². The second kappa shape index (κ2) is 10.4. The Morgan fingerprint density at radius 1 is 1.47 bits per heavy atom. The van der Waals surface area contributed by atoms with Crippen LogP contribution in [0.2, 0.25) is 5.02 Å². The van der Waals surface area contributed by atoms with Crippen molar-refractivity contribution in [2.45, 2.75) is 57.7 Å². The number of thiophene rings is 1. The van der Waals surface area contributed by atoms with Gasteiger partial charge in [-0.1, -0.05) is 44.1 Å². The Kier molecular flexibility index (Phi) is 7.69. The van der Waals surface area contributed by atoms with Crippen LogP contribution in [0.1, 0.15) is 44.6 Å². The quantitative estimate of drug-likeness (QED) is 0.317. The maximum atomic E-state index is 14.0. The molecule has 0 spiro atoms. The third-order valence-electron chi connectivity index (χ3n) is 6.80. The van der Waals surface area contributed by atoms with E-state index >= 15 is 0 Å². The molecule has 1 N–H and O–H groups in total. The van der Waals surface area contributed by atoms with E-state index in [9.17, 15) is 14.9 Å². The number of ether oxygens (including phenoxy) is 1. The summed E-state index contributed by atoms with van der Waals surface area (Å²) in [6, 6.07) is 7.27. The van der Waals surface area contributed by atoms with Crippen LogP contribution in [0.3, 0.4) is 0 Å². The number of benzene rings is 1. The van der Waals surface area contributed by atoms with Crippen LogP contribution < -0.4 is 15.6 Å². The minimum Gasteiger partial charge on any atom is -0.495 e. The summed E-state index contributed by atoms with van der Waals surface area (Å²) in [7, 11) is 1.53. The van der Waals surface area contributed by atoms with Crippen molar-refractivity contribution in [2.24, 2.45) is 11.8 Å². The fourth-order valence-electron chi connectivity index (χ4n) is 4.28. The molecule has 0 aliphatic heterocycles. The summed E-state index contributed by atoms with van der Waals surface area (Å²) in [6.07, 6.45) is 2.81. The van der Waals surface area contributed by atoms with Crippen molar-refractivity contribution in [2.75, 3.05) is 12.9 Å². The maximum Gasteiger partial charge on any atom is 0.267 e. The zero-order valence-electron chi connectivity index (χ0n) is 21.0. The Bertz CT molecular complexity index is 1430. The second-order valence-corrected chi connectivity index (χ2v) is 12.2. The number of hydrogen-bond acceptors (Lipinski definition) is 7. The lowest BCUT2D eigenvalue weighted by Gasteiger charge is -2.27. The van der Waals surface area contributed by atoms with E-state index in [1.165, 1.54) is 16.6 Å². The first-order valence-electron chi connectivity index (χ1n) is 11.8. The summed E-state index contributed by atoms with van der Waals surface area (Å²) in [4.78, 5) is 33.6. The average Bonchev–Trinajstić information content (AvgIpc) is 3.20. The number of rotatable bonds is 7. The first-order valence-corrected chi connectivity index (χ1v) is 14.0. The summed E-state index contributed by atoms with van der Waals surface area (Å²) in [5.74, 6) is 0.653. The van der Waals surface area contributed by atoms with E-state index in [2.05, 4.69) is 18.3 Å². The number of thioether (sulfide) groups is 1. The SMILES string of the molecule is COc1ccc(Cl)cc1-n1c(SCC(=O)N[C@](C)(C#N)C(C)C)nc2sc3c(c2c1=O)CC[C@@H](C)C3. The average molecular weight is 545 g/mol. The predicted molar refractivity (Wildman–Crippen MR) is 146 cm³/mol. The normalized spacial score (nSPS) is 16.9. The summed E-state index contributed by atoms with van der Waals surface area (Å²) in [6.45, 7) is 7.69. The van der Waals surface area contributed by atoms with Gasteiger partial charge in [0.25, 0.3) is 5.56 Å². The molecule has 2 heterocycles. The zero-order chi connectivity index (χ0) is 26.2. The van der Waals surface area contributed by atoms with Crippen molar-refractivity contribution in [3.63, 3.8) is 0 Å². The number of carbonyl (C=O) groups excluding carboxylic acids is 1. The summed E-state index contributed by atoms with van der Waals surface area (Å²) >= 11 is 9.03. The maximum absolute atomic E-state index is 14.0. The standard InChI is InChI=1S/C26H29ClN4O3S2/c1-14(2)26(4,13-28)30-21(32)12-35-25-29-23-22(17-8-6-15(3)10-20(17)36-23)24(33)31(25)18-11-16(27)7-9-19(18)34-5/h7,9,11,14-15H,6,8,10,12H2,1-5H3,(H,30,32)/t15-,26-/m1/s1. The molecule has 0 saturated carbocycles. The van der Waals surface area contributed by atoms with E-state index in [1.807, 2.05) is 13.8 Å². The lowest BCUT2D eigenvalue weighted by Crippen LogP contribution is -2.49. The van der Waals surface area contributed by atoms with Crippen LogP contribution in [0.15, 0.2) is 28.2 Å². The fraction of sp³-hybridized carbons (Fsp3) is 0.462. The molecule has 36 heavy (non-hydrogen) atoms. The van der Waals surface area contributed by atoms with Crippen LogP contribution in [0, 0.1) is 23.2 Å². The molecule has 0 bridgehead atoms. The number of fused-ring (bicyclic) bond motifs is 3. The lowest BCUT2D eigenvalue weighted by atomic mass is 9.89. The van der Waals surface area contributed by atoms with Crippen molar-refractivity contribution < 1.29 is 9.53 Å². The Hall–Kier alpha value is -2.54. The Morgan fingerprint density at radius 3 is 2.89 bits per heavy atom. The number of amides is 1. The number of halogens is 1. The van der Waals surface area contributed by atoms with Gasteiger partial charge in [0.1, 0.15) is 16.1 Å². The van der Waals surface area contributed by atoms with Gasteiger partial charge in [0.05, 0.1) is 30.0 Å². The molecule has 1 aliphatic rings. The van der Waals surface area contributed by atoms with Crippen LogP contribution in [-0.4, -0.2) is 33.9 Å². The molecule has 7 nitrogen and oxygen atoms in total. The number of nitrogens with zero attached hydrogens (tertiary/aromatic N) is 3. The molecule has 2 atom stereocenters. The Labute approximate surface area is 223 Å². The van der Waals surface area contributed by atoms with Crippen LogP contribution in [0.4, 0.5) is 0 Å². The molecule has 3 aromatic rings. The molecular formula is C26H29ClN4O3S2. The molecule has 2 aromatic heterocycles. The third-order valence-corrected chi connectivity index (χ3v) is 9.12. The summed E-state index contributed by atoms with van der Waals surface area (Å²) in [5.41, 5.74) is 0.366. The van der Waals surface area contributed by atoms with Crippen LogP contribution >= 0.6 is 34.7 Å². The fourth-order valence-corrected chi connectivity index (χ4v) is 6.67. The van der Waals surface area contributed by atoms with Gasteiger partial charge in [-0.05, 0) is 61.8 Å². The molecule has 1 aliphatic carbocycles. The van der Waals surface area contributed by atoms with Gasteiger partial charge < -0.3 is 10.1 Å². The molecule has 0 radical (unpaired) electrons. The van der Waals surface area contributed by atoms with Gasteiger partial charge in [-0.25, -0.2) is 4.98 Å². The van der Waals surface area contributed by atoms with E-state index < -0.39 is 5.54 Å². The highest BCUT2D eigenvalue weighted by Gasteiger charge is 2.31. The van der Waals surface area contributed by atoms with Gasteiger partial charge in [-0.15, -0.1) is 11.3 Å². The highest BCUT2D eigenvalue weighted by Crippen LogP contribution is 2.38. The van der Waals surface area contributed by atoms with Crippen molar-refractivity contribution in [3.8, 4) is 17.5 Å². The molecule has 190 valence electrons. The number of carbonyl (C=O) groups is 1. The number of aromatic nitrogens is 2. The summed E-state index contributed by atoms with van der Waals surface area (Å²) in [5, 5.41) is 13.8. The van der Waals surface area contributed by atoms with E-state index in [-0.39, 0.29) is 23.1 Å². The third kappa shape index (κ3) is 4.99. The molecule has 0 saturated heterocycles. The van der Waals surface area contributed by atoms with Gasteiger partial charge in [-0.2, -0.15) is 5.26 Å². The smallest absolute Gasteiger partial charge is 0.267 e. The van der Waals surface area contributed by atoms with Crippen molar-refractivity contribution in [3.05, 3.63) is 44.0 Å². The van der Waals surface area contributed by atoms with Gasteiger partial charge in [0, 0.05) is 9.90 Å². The highest BCUT2D eigenvalue weighted by atomic mass is 35.5. The Balaban J connectivity index is 1.82. The van der Waals surface area contributed by atoms with E-state index in [0.717, 1.165) is 36.6 Å². The zero-order valence-corrected chi connectivity index (χ0v) is 23.4. The topological polar surface area (TPSA) is 97.0 Å². The largest absolute Gasteiger partial charge is 0.495 e. The number of nitriles is 1. The van der Waals surface area contributed by atoms with Gasteiger partial charge >= 0.3 is 0 Å². The predicted octanol–water partition coefficient (Wildman–Crippen LogP) is 5.38. The van der Waals surface area contributed by atoms with Gasteiger partial charge in [0.2, 0.25) is 5.91 Å². The molecule has 0 fully saturated rings.